The van der Waals surface area contributed by atoms with Gasteiger partial charge in [-0.05, 0) is 30.3 Å². The fraction of sp³-hybridized carbons (Fsp3) is 0.133. The number of ether oxygens (including phenoxy) is 1. The number of urea groups is 1. The van der Waals surface area contributed by atoms with Crippen molar-refractivity contribution >= 4 is 29.2 Å². The fourth-order valence-electron chi connectivity index (χ4n) is 1.98. The molecule has 0 spiro atoms. The molecule has 0 aliphatic carbocycles. The third kappa shape index (κ3) is 3.89. The topological polar surface area (TPSA) is 92.4 Å². The van der Waals surface area contributed by atoms with Gasteiger partial charge in [-0.15, -0.1) is 0 Å². The molecular formula is C15H13ClN4O3. The molecule has 2 heterocycles. The van der Waals surface area contributed by atoms with Crippen molar-refractivity contribution in [1.82, 2.24) is 15.6 Å². The summed E-state index contributed by atoms with van der Waals surface area (Å²) in [6.45, 7) is 0.260. The van der Waals surface area contributed by atoms with Gasteiger partial charge in [-0.1, -0.05) is 11.6 Å². The lowest BCUT2D eigenvalue weighted by atomic mass is 10.3. The number of nitrogens with zero attached hydrogens (tertiary/aromatic N) is 1. The van der Waals surface area contributed by atoms with Crippen LogP contribution in [0.15, 0.2) is 42.6 Å². The molecule has 2 aromatic rings. The number of nitrogens with one attached hydrogen (secondary N) is 3. The van der Waals surface area contributed by atoms with Crippen molar-refractivity contribution in [3.8, 4) is 11.6 Å². The molecule has 0 radical (unpaired) electrons. The predicted octanol–water partition coefficient (Wildman–Crippen LogP) is 2.15. The Kier molecular flexibility index (Phi) is 4.29. The van der Waals surface area contributed by atoms with Gasteiger partial charge in [-0.2, -0.15) is 0 Å². The Balaban J connectivity index is 1.59. The second kappa shape index (κ2) is 6.53. The number of benzene rings is 1. The van der Waals surface area contributed by atoms with Gasteiger partial charge in [0.25, 0.3) is 0 Å². The largest absolute Gasteiger partial charge is 0.439 e. The molecule has 1 aliphatic heterocycles. The zero-order valence-corrected chi connectivity index (χ0v) is 12.6. The Morgan fingerprint density at radius 2 is 2.04 bits per heavy atom. The van der Waals surface area contributed by atoms with Crippen LogP contribution >= 0.6 is 11.6 Å². The number of rotatable bonds is 4. The van der Waals surface area contributed by atoms with Crippen molar-refractivity contribution in [2.24, 2.45) is 0 Å². The van der Waals surface area contributed by atoms with E-state index in [9.17, 15) is 9.59 Å². The molecule has 0 saturated carbocycles. The number of anilines is 1. The zero-order chi connectivity index (χ0) is 16.2. The second-order valence-corrected chi connectivity index (χ2v) is 5.27. The average molecular weight is 333 g/mol. The van der Waals surface area contributed by atoms with Crippen LogP contribution in [0, 0.1) is 0 Å². The van der Waals surface area contributed by atoms with E-state index in [1.807, 2.05) is 0 Å². The molecule has 8 heteroatoms. The Labute approximate surface area is 137 Å². The Bertz CT molecular complexity index is 719. The van der Waals surface area contributed by atoms with Crippen molar-refractivity contribution in [3.05, 3.63) is 47.6 Å². The SMILES string of the molecule is O=C1NCC(C(=O)Nc2ccc(Oc3ccc(Cl)cc3)nc2)N1. The van der Waals surface area contributed by atoms with E-state index in [1.54, 1.807) is 36.4 Å². The van der Waals surface area contributed by atoms with E-state index in [4.69, 9.17) is 16.3 Å². The van der Waals surface area contributed by atoms with E-state index in [0.29, 0.717) is 22.3 Å². The first-order valence-electron chi connectivity index (χ1n) is 6.85. The molecule has 3 amide bonds. The third-order valence-corrected chi connectivity index (χ3v) is 3.38. The van der Waals surface area contributed by atoms with Crippen LogP contribution in [0.1, 0.15) is 0 Å². The maximum atomic E-state index is 11.9. The molecular weight excluding hydrogens is 320 g/mol. The van der Waals surface area contributed by atoms with Gasteiger partial charge >= 0.3 is 6.03 Å². The minimum Gasteiger partial charge on any atom is -0.439 e. The standard InChI is InChI=1S/C15H13ClN4O3/c16-9-1-4-11(5-2-9)23-13-6-3-10(7-17-13)19-14(21)12-8-18-15(22)20-12/h1-7,12H,8H2,(H,19,21)(H2,18,20,22). The maximum absolute atomic E-state index is 11.9. The van der Waals surface area contributed by atoms with Crippen LogP contribution in [-0.2, 0) is 4.79 Å². The van der Waals surface area contributed by atoms with Gasteiger partial charge in [0.2, 0.25) is 11.8 Å². The van der Waals surface area contributed by atoms with E-state index in [2.05, 4.69) is 20.9 Å². The Hall–Kier alpha value is -2.80. The van der Waals surface area contributed by atoms with E-state index in [-0.39, 0.29) is 18.5 Å². The summed E-state index contributed by atoms with van der Waals surface area (Å²) >= 11 is 5.80. The van der Waals surface area contributed by atoms with Crippen LogP contribution in [0.25, 0.3) is 0 Å². The number of hydrogen-bond donors (Lipinski definition) is 3. The van der Waals surface area contributed by atoms with Gasteiger partial charge in [-0.25, -0.2) is 9.78 Å². The van der Waals surface area contributed by atoms with Gasteiger partial charge in [0.15, 0.2) is 0 Å². The highest BCUT2D eigenvalue weighted by Gasteiger charge is 2.26. The lowest BCUT2D eigenvalue weighted by molar-refractivity contribution is -0.117. The van der Waals surface area contributed by atoms with Crippen LogP contribution in [0.4, 0.5) is 10.5 Å². The summed E-state index contributed by atoms with van der Waals surface area (Å²) in [4.78, 5) is 27.1. The van der Waals surface area contributed by atoms with Crippen LogP contribution in [0.2, 0.25) is 5.02 Å². The number of carbonyl (C=O) groups is 2. The lowest BCUT2D eigenvalue weighted by Crippen LogP contribution is -2.38. The van der Waals surface area contributed by atoms with Gasteiger partial charge in [0.05, 0.1) is 11.9 Å². The molecule has 0 bridgehead atoms. The third-order valence-electron chi connectivity index (χ3n) is 3.13. The Morgan fingerprint density at radius 3 is 2.65 bits per heavy atom. The summed E-state index contributed by atoms with van der Waals surface area (Å²) in [5, 5.41) is 8.32. The maximum Gasteiger partial charge on any atom is 0.315 e. The predicted molar refractivity (Wildman–Crippen MR) is 84.7 cm³/mol. The van der Waals surface area contributed by atoms with Gasteiger partial charge in [0.1, 0.15) is 11.8 Å². The minimum atomic E-state index is -0.590. The Morgan fingerprint density at radius 1 is 1.26 bits per heavy atom. The zero-order valence-electron chi connectivity index (χ0n) is 11.9. The van der Waals surface area contributed by atoms with Gasteiger partial charge in [0, 0.05) is 17.6 Å². The molecule has 1 fully saturated rings. The molecule has 23 heavy (non-hydrogen) atoms. The number of pyridine rings is 1. The van der Waals surface area contributed by atoms with Gasteiger partial charge < -0.3 is 20.7 Å². The van der Waals surface area contributed by atoms with E-state index in [1.165, 1.54) is 6.20 Å². The van der Waals surface area contributed by atoms with Crippen molar-refractivity contribution in [2.45, 2.75) is 6.04 Å². The van der Waals surface area contributed by atoms with Crippen molar-refractivity contribution in [1.29, 1.82) is 0 Å². The molecule has 1 aromatic carbocycles. The number of halogens is 1. The first-order chi connectivity index (χ1) is 11.1. The number of hydrogen-bond acceptors (Lipinski definition) is 4. The summed E-state index contributed by atoms with van der Waals surface area (Å²) in [5.74, 6) is 0.691. The molecule has 3 rings (SSSR count). The molecule has 3 N–H and O–H groups in total. The van der Waals surface area contributed by atoms with Crippen molar-refractivity contribution < 1.29 is 14.3 Å². The molecule has 1 aliphatic rings. The highest BCUT2D eigenvalue weighted by molar-refractivity contribution is 6.30. The summed E-state index contributed by atoms with van der Waals surface area (Å²) in [6, 6.07) is 9.26. The van der Waals surface area contributed by atoms with Crippen molar-refractivity contribution in [2.75, 3.05) is 11.9 Å². The minimum absolute atomic E-state index is 0.260. The molecule has 1 atom stereocenters. The summed E-state index contributed by atoms with van der Waals surface area (Å²) in [7, 11) is 0. The highest BCUT2D eigenvalue weighted by Crippen LogP contribution is 2.22. The monoisotopic (exact) mass is 332 g/mol. The normalized spacial score (nSPS) is 16.4. The first kappa shape index (κ1) is 15.1. The number of amides is 3. The van der Waals surface area contributed by atoms with E-state index in [0.717, 1.165) is 0 Å². The second-order valence-electron chi connectivity index (χ2n) is 4.84. The number of carbonyl (C=O) groups excluding carboxylic acids is 2. The lowest BCUT2D eigenvalue weighted by Gasteiger charge is -2.10. The first-order valence-corrected chi connectivity index (χ1v) is 7.23. The average Bonchev–Trinajstić information content (AvgIpc) is 2.98. The van der Waals surface area contributed by atoms with E-state index >= 15 is 0 Å². The van der Waals surface area contributed by atoms with E-state index < -0.39 is 6.04 Å². The van der Waals surface area contributed by atoms with Crippen LogP contribution < -0.4 is 20.7 Å². The quantitative estimate of drug-likeness (QED) is 0.800. The molecule has 1 unspecified atom stereocenters. The van der Waals surface area contributed by atoms with Crippen LogP contribution in [-0.4, -0.2) is 29.5 Å². The molecule has 1 aromatic heterocycles. The highest BCUT2D eigenvalue weighted by atomic mass is 35.5. The van der Waals surface area contributed by atoms with Crippen LogP contribution in [0.3, 0.4) is 0 Å². The smallest absolute Gasteiger partial charge is 0.315 e. The molecule has 118 valence electrons. The fourth-order valence-corrected chi connectivity index (χ4v) is 2.11. The molecule has 7 nitrogen and oxygen atoms in total. The summed E-state index contributed by atoms with van der Waals surface area (Å²) in [5.41, 5.74) is 0.514. The van der Waals surface area contributed by atoms with Crippen LogP contribution in [0.5, 0.6) is 11.6 Å². The van der Waals surface area contributed by atoms with Crippen molar-refractivity contribution in [3.63, 3.8) is 0 Å². The molecule has 1 saturated heterocycles. The number of aromatic nitrogens is 1. The summed E-state index contributed by atoms with van der Waals surface area (Å²) in [6.07, 6.45) is 1.48. The summed E-state index contributed by atoms with van der Waals surface area (Å²) < 4.78 is 5.56. The van der Waals surface area contributed by atoms with Gasteiger partial charge in [-0.3, -0.25) is 4.79 Å².